The topological polar surface area (TPSA) is 61.9 Å². The van der Waals surface area contributed by atoms with E-state index in [2.05, 4.69) is 4.72 Å². The zero-order valence-electron chi connectivity index (χ0n) is 11.0. The van der Waals surface area contributed by atoms with E-state index in [4.69, 9.17) is 4.84 Å². The van der Waals surface area contributed by atoms with Crippen molar-refractivity contribution in [3.63, 3.8) is 0 Å². The standard InChI is InChI=1S/C10H23N3O3S/c1-9(2)11-17(14,15)13-7-5-10(6-8-13)12(3)16-4/h9-11H,5-8H2,1-4H3. The molecule has 1 aliphatic rings. The van der Waals surface area contributed by atoms with Crippen molar-refractivity contribution in [1.82, 2.24) is 14.1 Å². The Bertz CT molecular complexity index is 324. The fourth-order valence-electron chi connectivity index (χ4n) is 1.97. The highest BCUT2D eigenvalue weighted by molar-refractivity contribution is 7.87. The number of hydrogen-bond acceptors (Lipinski definition) is 4. The molecule has 0 aromatic rings. The second kappa shape index (κ2) is 6.10. The summed E-state index contributed by atoms with van der Waals surface area (Å²) in [7, 11) is 0.190. The van der Waals surface area contributed by atoms with E-state index in [1.54, 1.807) is 12.2 Å². The second-order valence-corrected chi connectivity index (χ2v) is 6.34. The maximum Gasteiger partial charge on any atom is 0.279 e. The summed E-state index contributed by atoms with van der Waals surface area (Å²) in [5, 5.41) is 1.79. The maximum atomic E-state index is 11.9. The number of hydrogen-bond donors (Lipinski definition) is 1. The molecule has 102 valence electrons. The Hall–Kier alpha value is -0.210. The van der Waals surface area contributed by atoms with E-state index >= 15 is 0 Å². The van der Waals surface area contributed by atoms with Gasteiger partial charge in [0.1, 0.15) is 0 Å². The normalized spacial score (nSPS) is 20.4. The van der Waals surface area contributed by atoms with Gasteiger partial charge in [0.15, 0.2) is 0 Å². The molecule has 6 nitrogen and oxygen atoms in total. The van der Waals surface area contributed by atoms with Crippen LogP contribution in [0.5, 0.6) is 0 Å². The minimum atomic E-state index is -3.31. The van der Waals surface area contributed by atoms with Gasteiger partial charge in [-0.15, -0.1) is 0 Å². The van der Waals surface area contributed by atoms with Crippen molar-refractivity contribution in [2.24, 2.45) is 0 Å². The summed E-state index contributed by atoms with van der Waals surface area (Å²) in [5.74, 6) is 0. The molecular formula is C10H23N3O3S. The summed E-state index contributed by atoms with van der Waals surface area (Å²) < 4.78 is 27.9. The van der Waals surface area contributed by atoms with Crippen LogP contribution in [0.25, 0.3) is 0 Å². The lowest BCUT2D eigenvalue weighted by Gasteiger charge is -2.35. The molecule has 0 amide bonds. The van der Waals surface area contributed by atoms with Gasteiger partial charge in [-0.2, -0.15) is 22.5 Å². The molecule has 17 heavy (non-hydrogen) atoms. The largest absolute Gasteiger partial charge is 0.302 e. The third-order valence-electron chi connectivity index (χ3n) is 2.95. The Morgan fingerprint density at radius 3 is 2.29 bits per heavy atom. The van der Waals surface area contributed by atoms with Crippen LogP contribution in [0.2, 0.25) is 0 Å². The van der Waals surface area contributed by atoms with E-state index in [1.807, 2.05) is 20.9 Å². The molecule has 0 saturated carbocycles. The lowest BCUT2D eigenvalue weighted by molar-refractivity contribution is -0.148. The molecule has 0 spiro atoms. The van der Waals surface area contributed by atoms with Crippen molar-refractivity contribution in [2.75, 3.05) is 27.2 Å². The fourth-order valence-corrected chi connectivity index (χ4v) is 3.40. The first-order valence-corrected chi connectivity index (χ1v) is 7.35. The maximum absolute atomic E-state index is 11.9. The molecule has 7 heteroatoms. The Morgan fingerprint density at radius 1 is 1.35 bits per heavy atom. The molecule has 1 aliphatic heterocycles. The number of nitrogens with zero attached hydrogens (tertiary/aromatic N) is 2. The second-order valence-electron chi connectivity index (χ2n) is 4.64. The molecule has 1 fully saturated rings. The predicted molar refractivity (Wildman–Crippen MR) is 66.6 cm³/mol. The van der Waals surface area contributed by atoms with Crippen molar-refractivity contribution in [3.8, 4) is 0 Å². The van der Waals surface area contributed by atoms with Crippen LogP contribution in [0.3, 0.4) is 0 Å². The van der Waals surface area contributed by atoms with Crippen LogP contribution in [0.1, 0.15) is 26.7 Å². The van der Waals surface area contributed by atoms with E-state index in [0.717, 1.165) is 12.8 Å². The molecule has 0 radical (unpaired) electrons. The quantitative estimate of drug-likeness (QED) is 0.721. The van der Waals surface area contributed by atoms with Crippen molar-refractivity contribution in [2.45, 2.75) is 38.8 Å². The molecule has 0 aliphatic carbocycles. The third kappa shape index (κ3) is 4.18. The summed E-state index contributed by atoms with van der Waals surface area (Å²) >= 11 is 0. The van der Waals surface area contributed by atoms with Crippen LogP contribution in [-0.2, 0) is 15.0 Å². The van der Waals surface area contributed by atoms with Gasteiger partial charge in [0.2, 0.25) is 0 Å². The van der Waals surface area contributed by atoms with Gasteiger partial charge in [0, 0.05) is 32.2 Å². The zero-order chi connectivity index (χ0) is 13.1. The van der Waals surface area contributed by atoms with Crippen molar-refractivity contribution in [1.29, 1.82) is 0 Å². The highest BCUT2D eigenvalue weighted by Gasteiger charge is 2.29. The molecule has 1 N–H and O–H groups in total. The van der Waals surface area contributed by atoms with E-state index in [-0.39, 0.29) is 6.04 Å². The average Bonchev–Trinajstić information content (AvgIpc) is 2.26. The van der Waals surface area contributed by atoms with E-state index < -0.39 is 10.2 Å². The van der Waals surface area contributed by atoms with Gasteiger partial charge >= 0.3 is 0 Å². The van der Waals surface area contributed by atoms with Gasteiger partial charge in [-0.05, 0) is 26.7 Å². The highest BCUT2D eigenvalue weighted by atomic mass is 32.2. The molecule has 1 saturated heterocycles. The smallest absolute Gasteiger partial charge is 0.279 e. The number of nitrogens with one attached hydrogen (secondary N) is 1. The van der Waals surface area contributed by atoms with Gasteiger partial charge in [-0.25, -0.2) is 0 Å². The number of hydroxylamine groups is 2. The zero-order valence-corrected chi connectivity index (χ0v) is 11.8. The average molecular weight is 265 g/mol. The molecule has 0 aromatic carbocycles. The first-order chi connectivity index (χ1) is 7.86. The Kier molecular flexibility index (Phi) is 5.33. The number of piperidine rings is 1. The lowest BCUT2D eigenvalue weighted by atomic mass is 10.1. The van der Waals surface area contributed by atoms with Crippen LogP contribution >= 0.6 is 0 Å². The van der Waals surface area contributed by atoms with Gasteiger partial charge in [-0.3, -0.25) is 0 Å². The van der Waals surface area contributed by atoms with Gasteiger partial charge in [-0.1, -0.05) is 0 Å². The van der Waals surface area contributed by atoms with E-state index in [9.17, 15) is 8.42 Å². The molecule has 1 heterocycles. The molecule has 0 bridgehead atoms. The van der Waals surface area contributed by atoms with Gasteiger partial charge in [0.25, 0.3) is 10.2 Å². The first kappa shape index (κ1) is 14.8. The van der Waals surface area contributed by atoms with Crippen LogP contribution in [0.15, 0.2) is 0 Å². The number of rotatable bonds is 5. The summed E-state index contributed by atoms with van der Waals surface area (Å²) in [5.41, 5.74) is 0. The van der Waals surface area contributed by atoms with Crippen LogP contribution in [0.4, 0.5) is 0 Å². The minimum absolute atomic E-state index is 0.0700. The molecular weight excluding hydrogens is 242 g/mol. The van der Waals surface area contributed by atoms with Crippen LogP contribution in [-0.4, -0.2) is 57.1 Å². The van der Waals surface area contributed by atoms with Crippen molar-refractivity contribution in [3.05, 3.63) is 0 Å². The first-order valence-electron chi connectivity index (χ1n) is 5.91. The van der Waals surface area contributed by atoms with Gasteiger partial charge in [0.05, 0.1) is 7.11 Å². The van der Waals surface area contributed by atoms with Crippen molar-refractivity contribution >= 4 is 10.2 Å². The third-order valence-corrected chi connectivity index (χ3v) is 4.76. The SMILES string of the molecule is CON(C)C1CCN(S(=O)(=O)NC(C)C)CC1. The summed E-state index contributed by atoms with van der Waals surface area (Å²) in [6, 6.07) is 0.227. The van der Waals surface area contributed by atoms with Crippen LogP contribution < -0.4 is 4.72 Å². The molecule has 0 unspecified atom stereocenters. The Morgan fingerprint density at radius 2 is 1.88 bits per heavy atom. The predicted octanol–water partition coefficient (Wildman–Crippen LogP) is 0.187. The monoisotopic (exact) mass is 265 g/mol. The van der Waals surface area contributed by atoms with E-state index in [0.29, 0.717) is 19.1 Å². The lowest BCUT2D eigenvalue weighted by Crippen LogP contribution is -2.50. The summed E-state index contributed by atoms with van der Waals surface area (Å²) in [4.78, 5) is 5.12. The minimum Gasteiger partial charge on any atom is -0.302 e. The highest BCUT2D eigenvalue weighted by Crippen LogP contribution is 2.17. The Labute approximate surface area is 104 Å². The van der Waals surface area contributed by atoms with E-state index in [1.165, 1.54) is 4.31 Å². The summed E-state index contributed by atoms with van der Waals surface area (Å²) in [6.07, 6.45) is 1.59. The summed E-state index contributed by atoms with van der Waals surface area (Å²) in [6.45, 7) is 4.73. The molecule has 1 rings (SSSR count). The Balaban J connectivity index is 2.52. The van der Waals surface area contributed by atoms with Crippen LogP contribution in [0, 0.1) is 0 Å². The molecule has 0 aromatic heterocycles. The molecule has 0 atom stereocenters. The van der Waals surface area contributed by atoms with Crippen molar-refractivity contribution < 1.29 is 13.3 Å². The van der Waals surface area contributed by atoms with Gasteiger partial charge < -0.3 is 4.84 Å². The fraction of sp³-hybridized carbons (Fsp3) is 1.00.